The van der Waals surface area contributed by atoms with Gasteiger partial charge in [-0.05, 0) is 37.9 Å². The number of carbonyl (C=O) groups is 1. The maximum Gasteiger partial charge on any atom is 0.253 e. The first-order chi connectivity index (χ1) is 11.0. The number of aliphatic hydroxyl groups excluding tert-OH is 1. The molecule has 1 atom stereocenters. The maximum absolute atomic E-state index is 12.6. The first kappa shape index (κ1) is 16.2. The summed E-state index contributed by atoms with van der Waals surface area (Å²) < 4.78 is 0. The lowest BCUT2D eigenvalue weighted by Gasteiger charge is -2.33. The normalized spacial score (nSPS) is 20.4. The molecule has 6 nitrogen and oxygen atoms in total. The van der Waals surface area contributed by atoms with Gasteiger partial charge in [0.05, 0.1) is 6.10 Å². The summed E-state index contributed by atoms with van der Waals surface area (Å²) in [7, 11) is 3.87. The largest absolute Gasteiger partial charge is 0.391 e. The third kappa shape index (κ3) is 4.00. The van der Waals surface area contributed by atoms with Gasteiger partial charge in [0, 0.05) is 51.5 Å². The van der Waals surface area contributed by atoms with E-state index in [1.807, 2.05) is 6.07 Å². The van der Waals surface area contributed by atoms with E-state index in [0.717, 1.165) is 44.8 Å². The molecule has 2 fully saturated rings. The Bertz CT molecular complexity index is 553. The van der Waals surface area contributed by atoms with Crippen molar-refractivity contribution in [3.05, 3.63) is 23.9 Å². The fourth-order valence-electron chi connectivity index (χ4n) is 2.97. The highest BCUT2D eigenvalue weighted by atomic mass is 16.3. The van der Waals surface area contributed by atoms with Gasteiger partial charge in [-0.15, -0.1) is 0 Å². The lowest BCUT2D eigenvalue weighted by molar-refractivity contribution is 0.0645. The first-order valence-electron chi connectivity index (χ1n) is 8.37. The van der Waals surface area contributed by atoms with Crippen molar-refractivity contribution in [3.8, 4) is 0 Å². The summed E-state index contributed by atoms with van der Waals surface area (Å²) in [6, 6.07) is 3.62. The molecule has 1 aromatic heterocycles. The quantitative estimate of drug-likeness (QED) is 0.865. The van der Waals surface area contributed by atoms with Crippen LogP contribution in [0.1, 0.15) is 23.2 Å². The molecular formula is C17H26N4O2. The number of piperazine rings is 1. The van der Waals surface area contributed by atoms with E-state index in [2.05, 4.69) is 21.8 Å². The zero-order chi connectivity index (χ0) is 16.4. The number of nitrogens with zero attached hydrogens (tertiary/aromatic N) is 4. The fraction of sp³-hybridized carbons (Fsp3) is 0.647. The molecule has 1 unspecified atom stereocenters. The Morgan fingerprint density at radius 1 is 1.39 bits per heavy atom. The number of amides is 1. The second kappa shape index (κ2) is 6.84. The molecule has 2 aliphatic rings. The van der Waals surface area contributed by atoms with Crippen LogP contribution in [0.3, 0.4) is 0 Å². The Kier molecular flexibility index (Phi) is 4.82. The third-order valence-electron chi connectivity index (χ3n) is 4.79. The van der Waals surface area contributed by atoms with E-state index in [1.54, 1.807) is 24.2 Å². The van der Waals surface area contributed by atoms with Gasteiger partial charge in [0.1, 0.15) is 5.82 Å². The number of hydrogen-bond donors (Lipinski definition) is 1. The van der Waals surface area contributed by atoms with Crippen LogP contribution in [0.4, 0.5) is 5.82 Å². The predicted octanol–water partition coefficient (Wildman–Crippen LogP) is 0.676. The number of anilines is 1. The van der Waals surface area contributed by atoms with E-state index >= 15 is 0 Å². The van der Waals surface area contributed by atoms with Crippen LogP contribution in [0.25, 0.3) is 0 Å². The number of rotatable bonds is 5. The molecule has 3 rings (SSSR count). The van der Waals surface area contributed by atoms with Crippen molar-refractivity contribution in [1.29, 1.82) is 0 Å². The monoisotopic (exact) mass is 318 g/mol. The molecule has 0 spiro atoms. The molecule has 1 aliphatic carbocycles. The van der Waals surface area contributed by atoms with Gasteiger partial charge in [0.2, 0.25) is 0 Å². The standard InChI is InChI=1S/C17H26N4O2/c1-19-7-9-21(10-8-19)16-11-14(5-6-18-16)17(23)20(2)12-15(22)13-3-4-13/h5-6,11,13,15,22H,3-4,7-10,12H2,1-2H3. The van der Waals surface area contributed by atoms with Crippen LogP contribution in [0.2, 0.25) is 0 Å². The molecule has 1 N–H and O–H groups in total. The Morgan fingerprint density at radius 2 is 2.09 bits per heavy atom. The number of likely N-dealkylation sites (N-methyl/N-ethyl adjacent to an activating group) is 2. The van der Waals surface area contributed by atoms with Gasteiger partial charge in [-0.3, -0.25) is 4.79 Å². The molecule has 0 radical (unpaired) electrons. The van der Waals surface area contributed by atoms with Gasteiger partial charge in [0.25, 0.3) is 5.91 Å². The third-order valence-corrected chi connectivity index (χ3v) is 4.79. The molecule has 6 heteroatoms. The maximum atomic E-state index is 12.6. The van der Waals surface area contributed by atoms with E-state index in [0.29, 0.717) is 18.0 Å². The Balaban J connectivity index is 1.64. The van der Waals surface area contributed by atoms with Gasteiger partial charge in [-0.25, -0.2) is 4.98 Å². The second-order valence-corrected chi connectivity index (χ2v) is 6.78. The van der Waals surface area contributed by atoms with Crippen LogP contribution in [-0.4, -0.2) is 78.7 Å². The summed E-state index contributed by atoms with van der Waals surface area (Å²) in [5.74, 6) is 1.19. The molecular weight excluding hydrogens is 292 g/mol. The van der Waals surface area contributed by atoms with Crippen LogP contribution >= 0.6 is 0 Å². The van der Waals surface area contributed by atoms with Crippen LogP contribution in [0.15, 0.2) is 18.3 Å². The van der Waals surface area contributed by atoms with Crippen LogP contribution < -0.4 is 4.90 Å². The SMILES string of the molecule is CN1CCN(c2cc(C(=O)N(C)CC(O)C3CC3)ccn2)CC1. The topological polar surface area (TPSA) is 59.9 Å². The summed E-state index contributed by atoms with van der Waals surface area (Å²) in [6.45, 7) is 4.27. The molecule has 0 bridgehead atoms. The summed E-state index contributed by atoms with van der Waals surface area (Å²) in [5.41, 5.74) is 0.638. The van der Waals surface area contributed by atoms with Crippen molar-refractivity contribution in [2.24, 2.45) is 5.92 Å². The summed E-state index contributed by atoms with van der Waals surface area (Å²) in [4.78, 5) is 23.1. The van der Waals surface area contributed by atoms with Gasteiger partial charge < -0.3 is 19.8 Å². The number of pyridine rings is 1. The minimum Gasteiger partial charge on any atom is -0.391 e. The number of aromatic nitrogens is 1. The molecule has 1 aliphatic heterocycles. The highest BCUT2D eigenvalue weighted by Gasteiger charge is 2.31. The van der Waals surface area contributed by atoms with E-state index in [9.17, 15) is 9.90 Å². The smallest absolute Gasteiger partial charge is 0.253 e. The van der Waals surface area contributed by atoms with Crippen LogP contribution in [-0.2, 0) is 0 Å². The number of aliphatic hydroxyl groups is 1. The molecule has 1 saturated carbocycles. The zero-order valence-corrected chi connectivity index (χ0v) is 14.0. The molecule has 126 valence electrons. The average Bonchev–Trinajstić information content (AvgIpc) is 3.40. The zero-order valence-electron chi connectivity index (χ0n) is 14.0. The van der Waals surface area contributed by atoms with E-state index < -0.39 is 6.10 Å². The van der Waals surface area contributed by atoms with Crippen molar-refractivity contribution >= 4 is 11.7 Å². The molecule has 2 heterocycles. The number of carbonyl (C=O) groups excluding carboxylic acids is 1. The average molecular weight is 318 g/mol. The summed E-state index contributed by atoms with van der Waals surface area (Å²) in [6.07, 6.45) is 3.45. The van der Waals surface area contributed by atoms with E-state index in [4.69, 9.17) is 0 Å². The van der Waals surface area contributed by atoms with Gasteiger partial charge in [-0.2, -0.15) is 0 Å². The van der Waals surface area contributed by atoms with Gasteiger partial charge >= 0.3 is 0 Å². The Hall–Kier alpha value is -1.66. The van der Waals surface area contributed by atoms with Gasteiger partial charge in [-0.1, -0.05) is 0 Å². The van der Waals surface area contributed by atoms with Crippen molar-refractivity contribution in [1.82, 2.24) is 14.8 Å². The van der Waals surface area contributed by atoms with E-state index in [1.165, 1.54) is 0 Å². The van der Waals surface area contributed by atoms with Crippen LogP contribution in [0.5, 0.6) is 0 Å². The molecule has 1 saturated heterocycles. The minimum absolute atomic E-state index is 0.0533. The van der Waals surface area contributed by atoms with Crippen molar-refractivity contribution in [3.63, 3.8) is 0 Å². The summed E-state index contributed by atoms with van der Waals surface area (Å²) in [5, 5.41) is 10.0. The Morgan fingerprint density at radius 3 is 2.74 bits per heavy atom. The van der Waals surface area contributed by atoms with Crippen molar-refractivity contribution in [2.45, 2.75) is 18.9 Å². The van der Waals surface area contributed by atoms with Crippen molar-refractivity contribution in [2.75, 3.05) is 51.7 Å². The van der Waals surface area contributed by atoms with Crippen molar-refractivity contribution < 1.29 is 9.90 Å². The second-order valence-electron chi connectivity index (χ2n) is 6.78. The fourth-order valence-corrected chi connectivity index (χ4v) is 2.97. The molecule has 23 heavy (non-hydrogen) atoms. The van der Waals surface area contributed by atoms with Crippen LogP contribution in [0, 0.1) is 5.92 Å². The van der Waals surface area contributed by atoms with E-state index in [-0.39, 0.29) is 5.91 Å². The molecule has 1 aromatic rings. The molecule has 1 amide bonds. The lowest BCUT2D eigenvalue weighted by atomic mass is 10.2. The summed E-state index contributed by atoms with van der Waals surface area (Å²) >= 11 is 0. The Labute approximate surface area is 137 Å². The lowest BCUT2D eigenvalue weighted by Crippen LogP contribution is -2.44. The highest BCUT2D eigenvalue weighted by molar-refractivity contribution is 5.94. The predicted molar refractivity (Wildman–Crippen MR) is 89.6 cm³/mol. The first-order valence-corrected chi connectivity index (χ1v) is 8.37. The highest BCUT2D eigenvalue weighted by Crippen LogP contribution is 2.32. The molecule has 0 aromatic carbocycles. The van der Waals surface area contributed by atoms with Gasteiger partial charge in [0.15, 0.2) is 0 Å². The minimum atomic E-state index is -0.400. The number of hydrogen-bond acceptors (Lipinski definition) is 5.